The maximum Gasteiger partial charge on any atom is 0.308 e. The molecule has 1 amide bonds. The third-order valence-corrected chi connectivity index (χ3v) is 4.13. The minimum Gasteiger partial charge on any atom is -0.466 e. The van der Waals surface area contributed by atoms with Gasteiger partial charge in [0, 0.05) is 6.42 Å². The van der Waals surface area contributed by atoms with E-state index in [-0.39, 0.29) is 91.1 Å². The zero-order chi connectivity index (χ0) is 25.0. The molecule has 11 heteroatoms. The molecule has 0 fully saturated rings. The third-order valence-electron chi connectivity index (χ3n) is 4.13. The standard InChI is InChI=1S/C22H39NO10/c1-5-18(24)23-22(15-28-12-9-19(25)31-6-2,16-29-13-10-20(26)32-7-3)17-30-14-11-21(27)33-8-4/h5-17H2,1-4H3,(H,23,24). The van der Waals surface area contributed by atoms with Gasteiger partial charge in [0.25, 0.3) is 0 Å². The van der Waals surface area contributed by atoms with Crippen molar-refractivity contribution < 1.29 is 47.6 Å². The lowest BCUT2D eigenvalue weighted by molar-refractivity contribution is -0.145. The van der Waals surface area contributed by atoms with E-state index >= 15 is 0 Å². The molecule has 0 aromatic rings. The second kappa shape index (κ2) is 19.2. The van der Waals surface area contributed by atoms with Crippen LogP contribution >= 0.6 is 0 Å². The van der Waals surface area contributed by atoms with Crippen molar-refractivity contribution in [3.05, 3.63) is 0 Å². The number of esters is 3. The minimum absolute atomic E-state index is 0.0169. The number of carbonyl (C=O) groups excluding carboxylic acids is 4. The Balaban J connectivity index is 5.05. The summed E-state index contributed by atoms with van der Waals surface area (Å²) in [6.45, 7) is 7.85. The first-order valence-electron chi connectivity index (χ1n) is 11.3. The summed E-state index contributed by atoms with van der Waals surface area (Å²) in [4.78, 5) is 46.8. The fourth-order valence-corrected chi connectivity index (χ4v) is 2.59. The summed E-state index contributed by atoms with van der Waals surface area (Å²) < 4.78 is 31.5. The lowest BCUT2D eigenvalue weighted by atomic mass is 10.0. The lowest BCUT2D eigenvalue weighted by Gasteiger charge is -2.34. The van der Waals surface area contributed by atoms with Crippen LogP contribution < -0.4 is 5.32 Å². The number of hydrogen-bond acceptors (Lipinski definition) is 10. The van der Waals surface area contributed by atoms with Gasteiger partial charge in [-0.2, -0.15) is 0 Å². The van der Waals surface area contributed by atoms with Crippen molar-refractivity contribution in [3.63, 3.8) is 0 Å². The molecule has 1 N–H and O–H groups in total. The topological polar surface area (TPSA) is 136 Å². The van der Waals surface area contributed by atoms with Crippen LogP contribution in [0.25, 0.3) is 0 Å². The molecule has 192 valence electrons. The van der Waals surface area contributed by atoms with Crippen molar-refractivity contribution >= 4 is 23.8 Å². The van der Waals surface area contributed by atoms with Crippen molar-refractivity contribution in [3.8, 4) is 0 Å². The van der Waals surface area contributed by atoms with E-state index in [1.54, 1.807) is 27.7 Å². The first-order chi connectivity index (χ1) is 15.8. The molecule has 0 aliphatic carbocycles. The van der Waals surface area contributed by atoms with E-state index in [1.807, 2.05) is 0 Å². The normalized spacial score (nSPS) is 11.0. The van der Waals surface area contributed by atoms with Crippen LogP contribution in [0.1, 0.15) is 53.4 Å². The van der Waals surface area contributed by atoms with Crippen molar-refractivity contribution in [1.29, 1.82) is 0 Å². The van der Waals surface area contributed by atoms with Crippen LogP contribution in [-0.4, -0.2) is 88.8 Å². The molecule has 33 heavy (non-hydrogen) atoms. The second-order valence-electron chi connectivity index (χ2n) is 7.00. The van der Waals surface area contributed by atoms with Gasteiger partial charge in [-0.25, -0.2) is 0 Å². The highest BCUT2D eigenvalue weighted by molar-refractivity contribution is 5.76. The van der Waals surface area contributed by atoms with Gasteiger partial charge in [0.1, 0.15) is 5.54 Å². The van der Waals surface area contributed by atoms with Gasteiger partial charge >= 0.3 is 17.9 Å². The third kappa shape index (κ3) is 16.1. The van der Waals surface area contributed by atoms with E-state index in [9.17, 15) is 19.2 Å². The molecule has 0 radical (unpaired) electrons. The number of amides is 1. The number of ether oxygens (including phenoxy) is 6. The lowest BCUT2D eigenvalue weighted by Crippen LogP contribution is -2.58. The highest BCUT2D eigenvalue weighted by atomic mass is 16.5. The Bertz CT molecular complexity index is 517. The van der Waals surface area contributed by atoms with E-state index in [0.717, 1.165) is 0 Å². The van der Waals surface area contributed by atoms with Crippen LogP contribution in [0.2, 0.25) is 0 Å². The van der Waals surface area contributed by atoms with Crippen molar-refractivity contribution in [2.75, 3.05) is 59.5 Å². The zero-order valence-corrected chi connectivity index (χ0v) is 20.3. The molecule has 0 saturated carbocycles. The molecule has 0 aliphatic rings. The predicted octanol–water partition coefficient (Wildman–Crippen LogP) is 1.16. The quantitative estimate of drug-likeness (QED) is 0.155. The number of carbonyl (C=O) groups is 4. The summed E-state index contributed by atoms with van der Waals surface area (Å²) in [6, 6.07) is 0. The van der Waals surface area contributed by atoms with Gasteiger partial charge in [0.2, 0.25) is 5.91 Å². The highest BCUT2D eigenvalue weighted by Crippen LogP contribution is 2.11. The highest BCUT2D eigenvalue weighted by Gasteiger charge is 2.33. The average molecular weight is 478 g/mol. The average Bonchev–Trinajstić information content (AvgIpc) is 2.78. The van der Waals surface area contributed by atoms with Gasteiger partial charge < -0.3 is 33.7 Å². The Kier molecular flexibility index (Phi) is 17.9. The van der Waals surface area contributed by atoms with E-state index in [2.05, 4.69) is 5.32 Å². The molecule has 0 atom stereocenters. The van der Waals surface area contributed by atoms with Crippen LogP contribution in [0, 0.1) is 0 Å². The molecule has 0 saturated heterocycles. The first kappa shape index (κ1) is 30.8. The van der Waals surface area contributed by atoms with E-state index < -0.39 is 23.4 Å². The van der Waals surface area contributed by atoms with Crippen LogP contribution in [0.4, 0.5) is 0 Å². The summed E-state index contributed by atoms with van der Waals surface area (Å²) >= 11 is 0. The molecule has 0 rings (SSSR count). The maximum absolute atomic E-state index is 12.2. The van der Waals surface area contributed by atoms with E-state index in [0.29, 0.717) is 0 Å². The van der Waals surface area contributed by atoms with Crippen LogP contribution in [-0.2, 0) is 47.6 Å². The summed E-state index contributed by atoms with van der Waals surface area (Å²) in [6.07, 6.45) is 0.382. The Morgan fingerprint density at radius 3 is 1.21 bits per heavy atom. The number of nitrogens with one attached hydrogen (secondary N) is 1. The molecule has 0 spiro atoms. The second-order valence-corrected chi connectivity index (χ2v) is 7.00. The molecule has 0 aliphatic heterocycles. The van der Waals surface area contributed by atoms with Crippen LogP contribution in [0.15, 0.2) is 0 Å². The Labute approximate surface area is 195 Å². The van der Waals surface area contributed by atoms with Crippen molar-refractivity contribution in [2.24, 2.45) is 0 Å². The van der Waals surface area contributed by atoms with Gasteiger partial charge in [-0.15, -0.1) is 0 Å². The largest absolute Gasteiger partial charge is 0.466 e. The molecular formula is C22H39NO10. The molecule has 0 heterocycles. The Morgan fingerprint density at radius 2 is 0.939 bits per heavy atom. The van der Waals surface area contributed by atoms with Gasteiger partial charge in [-0.05, 0) is 20.8 Å². The molecule has 0 aromatic heterocycles. The maximum atomic E-state index is 12.2. The Morgan fingerprint density at radius 1 is 0.606 bits per heavy atom. The Hall–Kier alpha value is -2.24. The van der Waals surface area contributed by atoms with E-state index in [4.69, 9.17) is 28.4 Å². The summed E-state index contributed by atoms with van der Waals surface area (Å²) in [5.74, 6) is -1.43. The van der Waals surface area contributed by atoms with Crippen molar-refractivity contribution in [2.45, 2.75) is 58.9 Å². The number of rotatable bonds is 20. The monoisotopic (exact) mass is 477 g/mol. The summed E-state index contributed by atoms with van der Waals surface area (Å²) in [5.41, 5.74) is -1.09. The van der Waals surface area contributed by atoms with Gasteiger partial charge in [0.15, 0.2) is 0 Å². The van der Waals surface area contributed by atoms with Gasteiger partial charge in [-0.1, -0.05) is 6.92 Å². The van der Waals surface area contributed by atoms with Crippen LogP contribution in [0.3, 0.4) is 0 Å². The smallest absolute Gasteiger partial charge is 0.308 e. The first-order valence-corrected chi connectivity index (χ1v) is 11.3. The SMILES string of the molecule is CCOC(=O)CCOCC(COCCC(=O)OCC)(COCCC(=O)OCC)NC(=O)CC. The molecular weight excluding hydrogens is 438 g/mol. The molecule has 11 nitrogen and oxygen atoms in total. The number of hydrogen-bond donors (Lipinski definition) is 1. The fourth-order valence-electron chi connectivity index (χ4n) is 2.59. The summed E-state index contributed by atoms with van der Waals surface area (Å²) in [5, 5.41) is 2.86. The van der Waals surface area contributed by atoms with Crippen LogP contribution in [0.5, 0.6) is 0 Å². The molecule has 0 aromatic carbocycles. The van der Waals surface area contributed by atoms with Gasteiger partial charge in [-0.3, -0.25) is 19.2 Å². The fraction of sp³-hybridized carbons (Fsp3) is 0.818. The molecule has 0 unspecified atom stereocenters. The predicted molar refractivity (Wildman–Crippen MR) is 117 cm³/mol. The molecule has 0 bridgehead atoms. The van der Waals surface area contributed by atoms with Gasteiger partial charge in [0.05, 0.1) is 78.7 Å². The summed E-state index contributed by atoms with van der Waals surface area (Å²) in [7, 11) is 0. The van der Waals surface area contributed by atoms with Crippen molar-refractivity contribution in [1.82, 2.24) is 5.32 Å². The zero-order valence-electron chi connectivity index (χ0n) is 20.3. The minimum atomic E-state index is -1.09. The van der Waals surface area contributed by atoms with E-state index in [1.165, 1.54) is 0 Å².